The Morgan fingerprint density at radius 3 is 2.39 bits per heavy atom. The Morgan fingerprint density at radius 2 is 1.68 bits per heavy atom. The number of methoxy groups -OCH3 is 2. The number of nitrogens with zero attached hydrogens (tertiary/aromatic N) is 1. The van der Waals surface area contributed by atoms with E-state index >= 15 is 0 Å². The lowest BCUT2D eigenvalue weighted by molar-refractivity contribution is 0.0600. The van der Waals surface area contributed by atoms with Crippen molar-refractivity contribution < 1.29 is 19.1 Å². The van der Waals surface area contributed by atoms with Crippen molar-refractivity contribution in [3.05, 3.63) is 78.1 Å². The van der Waals surface area contributed by atoms with Gasteiger partial charge in [-0.25, -0.2) is 9.78 Å². The monoisotopic (exact) mass is 377 g/mol. The van der Waals surface area contributed by atoms with E-state index in [1.54, 1.807) is 49.7 Å². The lowest BCUT2D eigenvalue weighted by Crippen LogP contribution is -2.14. The molecule has 1 aromatic heterocycles. The second-order valence-electron chi connectivity index (χ2n) is 5.82. The molecule has 3 rings (SSSR count). The molecule has 28 heavy (non-hydrogen) atoms. The molecule has 142 valence electrons. The molecule has 0 atom stereocenters. The molecule has 0 bridgehead atoms. The summed E-state index contributed by atoms with van der Waals surface area (Å²) in [5.74, 6) is -0.111. The number of carbonyl (C=O) groups is 2. The average molecular weight is 377 g/mol. The van der Waals surface area contributed by atoms with Gasteiger partial charge in [0, 0.05) is 17.4 Å². The van der Waals surface area contributed by atoms with Crippen LogP contribution >= 0.6 is 0 Å². The van der Waals surface area contributed by atoms with Crippen molar-refractivity contribution in [1.29, 1.82) is 0 Å². The molecule has 7 nitrogen and oxygen atoms in total. The molecule has 0 fully saturated rings. The predicted molar refractivity (Wildman–Crippen MR) is 106 cm³/mol. The van der Waals surface area contributed by atoms with E-state index in [-0.39, 0.29) is 11.6 Å². The van der Waals surface area contributed by atoms with E-state index in [0.29, 0.717) is 11.3 Å². The SMILES string of the molecule is COC(=O)c1cccc(NC(=O)c2ccc(Nc3cccc(OC)c3)cn2)c1. The zero-order valence-electron chi connectivity index (χ0n) is 15.4. The predicted octanol–water partition coefficient (Wildman–Crippen LogP) is 3.87. The molecule has 0 radical (unpaired) electrons. The van der Waals surface area contributed by atoms with Crippen LogP contribution in [0.1, 0.15) is 20.8 Å². The number of hydrogen-bond acceptors (Lipinski definition) is 6. The van der Waals surface area contributed by atoms with Gasteiger partial charge in [-0.3, -0.25) is 4.79 Å². The van der Waals surface area contributed by atoms with Gasteiger partial charge in [-0.05, 0) is 42.5 Å². The first-order valence-electron chi connectivity index (χ1n) is 8.46. The number of benzene rings is 2. The van der Waals surface area contributed by atoms with Crippen LogP contribution in [0.2, 0.25) is 0 Å². The summed E-state index contributed by atoms with van der Waals surface area (Å²) in [5.41, 5.74) is 2.66. The van der Waals surface area contributed by atoms with Gasteiger partial charge in [0.2, 0.25) is 0 Å². The van der Waals surface area contributed by atoms with Gasteiger partial charge in [0.1, 0.15) is 11.4 Å². The zero-order chi connectivity index (χ0) is 19.9. The van der Waals surface area contributed by atoms with Crippen molar-refractivity contribution in [2.45, 2.75) is 0 Å². The number of ether oxygens (including phenoxy) is 2. The summed E-state index contributed by atoms with van der Waals surface area (Å²) in [7, 11) is 2.91. The van der Waals surface area contributed by atoms with E-state index in [2.05, 4.69) is 20.4 Å². The largest absolute Gasteiger partial charge is 0.497 e. The summed E-state index contributed by atoms with van der Waals surface area (Å²) >= 11 is 0. The molecule has 0 aliphatic rings. The molecule has 2 aromatic carbocycles. The van der Waals surface area contributed by atoms with Crippen molar-refractivity contribution in [2.75, 3.05) is 24.9 Å². The van der Waals surface area contributed by atoms with E-state index < -0.39 is 5.97 Å². The third kappa shape index (κ3) is 4.64. The van der Waals surface area contributed by atoms with Crippen LogP contribution in [0.4, 0.5) is 17.1 Å². The van der Waals surface area contributed by atoms with E-state index in [0.717, 1.165) is 17.1 Å². The number of amides is 1. The van der Waals surface area contributed by atoms with Crippen molar-refractivity contribution in [2.24, 2.45) is 0 Å². The minimum absolute atomic E-state index is 0.250. The number of rotatable bonds is 6. The summed E-state index contributed by atoms with van der Waals surface area (Å²) in [6, 6.07) is 17.4. The number of nitrogens with one attached hydrogen (secondary N) is 2. The minimum atomic E-state index is -0.470. The smallest absolute Gasteiger partial charge is 0.337 e. The first-order valence-corrected chi connectivity index (χ1v) is 8.46. The fourth-order valence-electron chi connectivity index (χ4n) is 2.51. The minimum Gasteiger partial charge on any atom is -0.497 e. The highest BCUT2D eigenvalue weighted by atomic mass is 16.5. The molecule has 0 spiro atoms. The maximum atomic E-state index is 12.4. The number of anilines is 3. The van der Waals surface area contributed by atoms with Crippen LogP contribution in [0.3, 0.4) is 0 Å². The molecule has 0 unspecified atom stereocenters. The van der Waals surface area contributed by atoms with Gasteiger partial charge >= 0.3 is 5.97 Å². The molecule has 0 saturated heterocycles. The third-order valence-corrected chi connectivity index (χ3v) is 3.90. The van der Waals surface area contributed by atoms with Gasteiger partial charge in [0.05, 0.1) is 31.7 Å². The molecule has 0 aliphatic carbocycles. The van der Waals surface area contributed by atoms with E-state index in [9.17, 15) is 9.59 Å². The molecular weight excluding hydrogens is 358 g/mol. The molecule has 0 aliphatic heterocycles. The molecule has 7 heteroatoms. The van der Waals surface area contributed by atoms with Crippen molar-refractivity contribution in [1.82, 2.24) is 4.98 Å². The van der Waals surface area contributed by atoms with Crippen LogP contribution in [0.15, 0.2) is 66.9 Å². The molecule has 3 aromatic rings. The Labute approximate surface area is 162 Å². The average Bonchev–Trinajstić information content (AvgIpc) is 2.74. The Morgan fingerprint density at radius 1 is 0.893 bits per heavy atom. The fraction of sp³-hybridized carbons (Fsp3) is 0.0952. The number of aromatic nitrogens is 1. The van der Waals surface area contributed by atoms with Gasteiger partial charge < -0.3 is 20.1 Å². The summed E-state index contributed by atoms with van der Waals surface area (Å²) in [6.45, 7) is 0. The maximum absolute atomic E-state index is 12.4. The standard InChI is InChI=1S/C21H19N3O4/c1-27-18-8-4-7-16(12-18)23-17-9-10-19(22-13-17)20(25)24-15-6-3-5-14(11-15)21(26)28-2/h3-13,23H,1-2H3,(H,24,25). The summed E-state index contributed by atoms with van der Waals surface area (Å²) in [5, 5.41) is 5.91. The number of esters is 1. The van der Waals surface area contributed by atoms with Crippen LogP contribution in [0.5, 0.6) is 5.75 Å². The molecule has 1 amide bonds. The normalized spacial score (nSPS) is 10.1. The Hall–Kier alpha value is -3.87. The van der Waals surface area contributed by atoms with Crippen LogP contribution in [-0.4, -0.2) is 31.1 Å². The molecule has 0 saturated carbocycles. The summed E-state index contributed by atoms with van der Waals surface area (Å²) < 4.78 is 9.87. The quantitative estimate of drug-likeness (QED) is 0.634. The Bertz CT molecular complexity index is 987. The molecule has 2 N–H and O–H groups in total. The van der Waals surface area contributed by atoms with Gasteiger partial charge in [0.25, 0.3) is 5.91 Å². The lowest BCUT2D eigenvalue weighted by atomic mass is 10.2. The van der Waals surface area contributed by atoms with E-state index in [4.69, 9.17) is 4.74 Å². The zero-order valence-corrected chi connectivity index (χ0v) is 15.4. The molecule has 1 heterocycles. The number of carbonyl (C=O) groups excluding carboxylic acids is 2. The summed E-state index contributed by atoms with van der Waals surface area (Å²) in [4.78, 5) is 28.2. The fourth-order valence-corrected chi connectivity index (χ4v) is 2.51. The van der Waals surface area contributed by atoms with Gasteiger partial charge in [-0.1, -0.05) is 12.1 Å². The lowest BCUT2D eigenvalue weighted by Gasteiger charge is -2.09. The van der Waals surface area contributed by atoms with Gasteiger partial charge in [-0.15, -0.1) is 0 Å². The number of pyridine rings is 1. The van der Waals surface area contributed by atoms with Gasteiger partial charge in [-0.2, -0.15) is 0 Å². The summed E-state index contributed by atoms with van der Waals surface area (Å²) in [6.07, 6.45) is 1.57. The Balaban J connectivity index is 1.67. The topological polar surface area (TPSA) is 89.5 Å². The van der Waals surface area contributed by atoms with Crippen LogP contribution < -0.4 is 15.4 Å². The van der Waals surface area contributed by atoms with Crippen LogP contribution in [0.25, 0.3) is 0 Å². The Kier molecular flexibility index (Phi) is 5.86. The van der Waals surface area contributed by atoms with E-state index in [1.807, 2.05) is 24.3 Å². The highest BCUT2D eigenvalue weighted by molar-refractivity contribution is 6.03. The van der Waals surface area contributed by atoms with Gasteiger partial charge in [0.15, 0.2) is 0 Å². The van der Waals surface area contributed by atoms with Crippen LogP contribution in [-0.2, 0) is 4.74 Å². The first kappa shape index (κ1) is 18.9. The highest BCUT2D eigenvalue weighted by Crippen LogP contribution is 2.21. The van der Waals surface area contributed by atoms with Crippen molar-refractivity contribution in [3.63, 3.8) is 0 Å². The van der Waals surface area contributed by atoms with Crippen LogP contribution in [0, 0.1) is 0 Å². The van der Waals surface area contributed by atoms with Crippen molar-refractivity contribution >= 4 is 28.9 Å². The second-order valence-corrected chi connectivity index (χ2v) is 5.82. The third-order valence-electron chi connectivity index (χ3n) is 3.90. The highest BCUT2D eigenvalue weighted by Gasteiger charge is 2.10. The van der Waals surface area contributed by atoms with E-state index in [1.165, 1.54) is 7.11 Å². The number of hydrogen-bond donors (Lipinski definition) is 2. The molecular formula is C21H19N3O4. The second kappa shape index (κ2) is 8.68. The van der Waals surface area contributed by atoms with Crippen molar-refractivity contribution in [3.8, 4) is 5.75 Å². The maximum Gasteiger partial charge on any atom is 0.337 e. The first-order chi connectivity index (χ1) is 13.6.